The zero-order valence-electron chi connectivity index (χ0n) is 10.3. The lowest BCUT2D eigenvalue weighted by atomic mass is 10.1. The number of aromatic amines is 1. The molecule has 0 saturated heterocycles. The Labute approximate surface area is 106 Å². The minimum absolute atomic E-state index is 0.0377. The van der Waals surface area contributed by atoms with Crippen LogP contribution in [-0.4, -0.2) is 17.0 Å². The molecular weight excluding hydrogens is 259 g/mol. The number of benzene rings is 1. The number of halogens is 3. The second kappa shape index (κ2) is 4.65. The SMILES string of the molecule is CNC(C)c1[nH]c(=O)nc2cc(C(F)(F)F)ccc12. The normalized spacial score (nSPS) is 13.7. The molecule has 0 fully saturated rings. The molecule has 2 N–H and O–H groups in total. The molecule has 0 bridgehead atoms. The second-order valence-corrected chi connectivity index (χ2v) is 4.20. The fraction of sp³-hybridized carbons (Fsp3) is 0.333. The molecule has 1 heterocycles. The molecule has 7 heteroatoms. The fourth-order valence-electron chi connectivity index (χ4n) is 1.83. The van der Waals surface area contributed by atoms with Gasteiger partial charge in [-0.15, -0.1) is 0 Å². The van der Waals surface area contributed by atoms with E-state index in [4.69, 9.17) is 0 Å². The van der Waals surface area contributed by atoms with Gasteiger partial charge >= 0.3 is 11.9 Å². The van der Waals surface area contributed by atoms with Crippen LogP contribution < -0.4 is 11.0 Å². The van der Waals surface area contributed by atoms with Gasteiger partial charge in [0, 0.05) is 17.1 Å². The summed E-state index contributed by atoms with van der Waals surface area (Å²) in [6.07, 6.45) is -4.45. The summed E-state index contributed by atoms with van der Waals surface area (Å²) in [5, 5.41) is 3.42. The molecule has 0 radical (unpaired) electrons. The smallest absolute Gasteiger partial charge is 0.312 e. The zero-order valence-corrected chi connectivity index (χ0v) is 10.3. The third-order valence-electron chi connectivity index (χ3n) is 2.94. The first-order chi connectivity index (χ1) is 8.82. The van der Waals surface area contributed by atoms with Crippen LogP contribution in [0.4, 0.5) is 13.2 Å². The number of H-pyrrole nitrogens is 1. The standard InChI is InChI=1S/C12H12F3N3O/c1-6(16-2)10-8-4-3-7(12(13,14)15)5-9(8)17-11(19)18-10/h3-6,16H,1-2H3,(H,17,18,19). The maximum absolute atomic E-state index is 12.6. The highest BCUT2D eigenvalue weighted by Gasteiger charge is 2.30. The largest absolute Gasteiger partial charge is 0.416 e. The number of hydrogen-bond acceptors (Lipinski definition) is 3. The van der Waals surface area contributed by atoms with E-state index < -0.39 is 17.4 Å². The van der Waals surface area contributed by atoms with Gasteiger partial charge in [0.15, 0.2) is 0 Å². The van der Waals surface area contributed by atoms with Crippen molar-refractivity contribution in [3.63, 3.8) is 0 Å². The van der Waals surface area contributed by atoms with Gasteiger partial charge in [-0.1, -0.05) is 6.07 Å². The lowest BCUT2D eigenvalue weighted by Gasteiger charge is -2.14. The van der Waals surface area contributed by atoms with E-state index >= 15 is 0 Å². The molecule has 0 saturated carbocycles. The molecule has 19 heavy (non-hydrogen) atoms. The van der Waals surface area contributed by atoms with Gasteiger partial charge in [0.2, 0.25) is 0 Å². The van der Waals surface area contributed by atoms with E-state index in [1.165, 1.54) is 6.07 Å². The first-order valence-electron chi connectivity index (χ1n) is 5.61. The van der Waals surface area contributed by atoms with Crippen molar-refractivity contribution in [3.05, 3.63) is 39.9 Å². The van der Waals surface area contributed by atoms with Crippen LogP contribution in [0, 0.1) is 0 Å². The summed E-state index contributed by atoms with van der Waals surface area (Å²) in [4.78, 5) is 17.5. The predicted octanol–water partition coefficient (Wildman–Crippen LogP) is 2.22. The maximum Gasteiger partial charge on any atom is 0.416 e. The van der Waals surface area contributed by atoms with Crippen molar-refractivity contribution >= 4 is 10.9 Å². The Kier molecular flexibility index (Phi) is 3.32. The molecule has 0 spiro atoms. The quantitative estimate of drug-likeness (QED) is 0.880. The molecule has 0 amide bonds. The Balaban J connectivity index is 2.72. The molecule has 4 nitrogen and oxygen atoms in total. The van der Waals surface area contributed by atoms with Crippen molar-refractivity contribution in [2.45, 2.75) is 19.1 Å². The van der Waals surface area contributed by atoms with E-state index in [2.05, 4.69) is 15.3 Å². The van der Waals surface area contributed by atoms with Crippen LogP contribution in [-0.2, 0) is 6.18 Å². The highest BCUT2D eigenvalue weighted by molar-refractivity contribution is 5.81. The fourth-order valence-corrected chi connectivity index (χ4v) is 1.83. The predicted molar refractivity (Wildman–Crippen MR) is 64.8 cm³/mol. The number of hydrogen-bond donors (Lipinski definition) is 2. The molecule has 2 rings (SSSR count). The molecule has 0 aliphatic carbocycles. The summed E-state index contributed by atoms with van der Waals surface area (Å²) in [5.74, 6) is 0. The average Bonchev–Trinajstić information content (AvgIpc) is 2.34. The summed E-state index contributed by atoms with van der Waals surface area (Å²) in [5.41, 5.74) is -0.924. The van der Waals surface area contributed by atoms with Gasteiger partial charge in [-0.25, -0.2) is 4.79 Å². The molecule has 1 atom stereocenters. The van der Waals surface area contributed by atoms with Gasteiger partial charge in [0.1, 0.15) is 0 Å². The minimum Gasteiger partial charge on any atom is -0.312 e. The van der Waals surface area contributed by atoms with Crippen molar-refractivity contribution in [3.8, 4) is 0 Å². The summed E-state index contributed by atoms with van der Waals surface area (Å²) >= 11 is 0. The van der Waals surface area contributed by atoms with Crippen molar-refractivity contribution in [1.82, 2.24) is 15.3 Å². The third-order valence-corrected chi connectivity index (χ3v) is 2.94. The van der Waals surface area contributed by atoms with Gasteiger partial charge in [-0.05, 0) is 26.1 Å². The average molecular weight is 271 g/mol. The maximum atomic E-state index is 12.6. The number of nitrogens with one attached hydrogen (secondary N) is 2. The van der Waals surface area contributed by atoms with Crippen molar-refractivity contribution in [1.29, 1.82) is 0 Å². The molecule has 102 valence electrons. The van der Waals surface area contributed by atoms with Crippen LogP contribution >= 0.6 is 0 Å². The zero-order chi connectivity index (χ0) is 14.2. The number of alkyl halides is 3. The van der Waals surface area contributed by atoms with E-state index in [-0.39, 0.29) is 11.6 Å². The van der Waals surface area contributed by atoms with Crippen LogP contribution in [0.2, 0.25) is 0 Å². The van der Waals surface area contributed by atoms with Gasteiger partial charge in [-0.3, -0.25) is 0 Å². The Morgan fingerprint density at radius 2 is 2.05 bits per heavy atom. The van der Waals surface area contributed by atoms with Crippen LogP contribution in [0.5, 0.6) is 0 Å². The minimum atomic E-state index is -4.45. The summed E-state index contributed by atoms with van der Waals surface area (Å²) < 4.78 is 37.8. The van der Waals surface area contributed by atoms with Crippen LogP contribution in [0.1, 0.15) is 24.2 Å². The molecular formula is C12H12F3N3O. The first kappa shape index (κ1) is 13.5. The Morgan fingerprint density at radius 3 is 2.63 bits per heavy atom. The topological polar surface area (TPSA) is 57.8 Å². The monoisotopic (exact) mass is 271 g/mol. The van der Waals surface area contributed by atoms with Gasteiger partial charge in [-0.2, -0.15) is 18.2 Å². The van der Waals surface area contributed by atoms with E-state index in [9.17, 15) is 18.0 Å². The highest BCUT2D eigenvalue weighted by atomic mass is 19.4. The molecule has 1 aromatic carbocycles. The molecule has 1 aromatic heterocycles. The third kappa shape index (κ3) is 2.60. The molecule has 1 unspecified atom stereocenters. The number of fused-ring (bicyclic) bond motifs is 1. The lowest BCUT2D eigenvalue weighted by Crippen LogP contribution is -2.21. The second-order valence-electron chi connectivity index (χ2n) is 4.20. The van der Waals surface area contributed by atoms with Crippen LogP contribution in [0.15, 0.2) is 23.0 Å². The van der Waals surface area contributed by atoms with Crippen LogP contribution in [0.25, 0.3) is 10.9 Å². The van der Waals surface area contributed by atoms with E-state index in [0.717, 1.165) is 12.1 Å². The number of nitrogens with zero attached hydrogens (tertiary/aromatic N) is 1. The summed E-state index contributed by atoms with van der Waals surface area (Å²) in [7, 11) is 1.69. The van der Waals surface area contributed by atoms with E-state index in [0.29, 0.717) is 11.1 Å². The van der Waals surface area contributed by atoms with Gasteiger partial charge < -0.3 is 10.3 Å². The molecule has 0 aliphatic heterocycles. The summed E-state index contributed by atoms with van der Waals surface area (Å²) in [6.45, 7) is 1.79. The van der Waals surface area contributed by atoms with Crippen molar-refractivity contribution < 1.29 is 13.2 Å². The van der Waals surface area contributed by atoms with Crippen molar-refractivity contribution in [2.75, 3.05) is 7.05 Å². The Morgan fingerprint density at radius 1 is 1.37 bits per heavy atom. The van der Waals surface area contributed by atoms with E-state index in [1.54, 1.807) is 14.0 Å². The van der Waals surface area contributed by atoms with Crippen molar-refractivity contribution in [2.24, 2.45) is 0 Å². The summed E-state index contributed by atoms with van der Waals surface area (Å²) in [6, 6.07) is 2.99. The molecule has 2 aromatic rings. The highest BCUT2D eigenvalue weighted by Crippen LogP contribution is 2.31. The van der Waals surface area contributed by atoms with E-state index in [1.807, 2.05) is 0 Å². The van der Waals surface area contributed by atoms with Crippen LogP contribution in [0.3, 0.4) is 0 Å². The first-order valence-corrected chi connectivity index (χ1v) is 5.61. The lowest BCUT2D eigenvalue weighted by molar-refractivity contribution is -0.137. The number of aromatic nitrogens is 2. The Hall–Kier alpha value is -1.89. The number of rotatable bonds is 2. The molecule has 0 aliphatic rings. The van der Waals surface area contributed by atoms with Gasteiger partial charge in [0.25, 0.3) is 0 Å². The Bertz CT molecular complexity index is 663. The van der Waals surface area contributed by atoms with Gasteiger partial charge in [0.05, 0.1) is 11.1 Å².